The summed E-state index contributed by atoms with van der Waals surface area (Å²) in [5.74, 6) is 0. The Morgan fingerprint density at radius 1 is 1.00 bits per heavy atom. The molecule has 4 N–H and O–H groups in total. The van der Waals surface area contributed by atoms with Crippen LogP contribution in [0.1, 0.15) is 0 Å². The van der Waals surface area contributed by atoms with Gasteiger partial charge in [0.2, 0.25) is 0 Å². The third-order valence-electron chi connectivity index (χ3n) is 1.62. The molecule has 1 aromatic rings. The number of halogens is 1. The monoisotopic (exact) mass is 287 g/mol. The molecule has 90 valence electrons. The van der Waals surface area contributed by atoms with E-state index in [0.29, 0.717) is 0 Å². The second-order valence-corrected chi connectivity index (χ2v) is 5.98. The molecule has 0 aliphatic heterocycles. The molecule has 1 aromatic carbocycles. The van der Waals surface area contributed by atoms with Crippen LogP contribution in [0, 0.1) is 0 Å². The Labute approximate surface area is 96.3 Å². The van der Waals surface area contributed by atoms with E-state index in [1.807, 2.05) is 0 Å². The first-order valence-corrected chi connectivity index (χ1v) is 6.83. The van der Waals surface area contributed by atoms with Crippen LogP contribution in [-0.4, -0.2) is 25.9 Å². The fourth-order valence-corrected chi connectivity index (χ4v) is 2.74. The minimum atomic E-state index is -4.72. The molecular weight excluding hydrogens is 282 g/mol. The Hall–Kier alpha value is -0.870. The van der Waals surface area contributed by atoms with Gasteiger partial charge in [0.05, 0.1) is 5.69 Å². The summed E-state index contributed by atoms with van der Waals surface area (Å²) in [5, 5.41) is -0.311. The van der Waals surface area contributed by atoms with Crippen LogP contribution in [0.4, 0.5) is 5.69 Å². The highest BCUT2D eigenvalue weighted by molar-refractivity contribution is 7.87. The van der Waals surface area contributed by atoms with Crippen LogP contribution < -0.4 is 5.73 Å². The van der Waals surface area contributed by atoms with Crippen LogP contribution in [0.25, 0.3) is 0 Å². The molecule has 0 bridgehead atoms. The minimum Gasteiger partial charge on any atom is -0.396 e. The summed E-state index contributed by atoms with van der Waals surface area (Å²) in [6, 6.07) is 1.53. The molecule has 1 rings (SSSR count). The van der Waals surface area contributed by atoms with Gasteiger partial charge in [-0.15, -0.1) is 0 Å². The third-order valence-corrected chi connectivity index (χ3v) is 3.63. The summed E-state index contributed by atoms with van der Waals surface area (Å²) >= 11 is 5.43. The third kappa shape index (κ3) is 2.62. The van der Waals surface area contributed by atoms with Gasteiger partial charge in [-0.2, -0.15) is 16.8 Å². The molecule has 0 aromatic heterocycles. The van der Waals surface area contributed by atoms with Gasteiger partial charge in [-0.1, -0.05) is 11.6 Å². The van der Waals surface area contributed by atoms with Gasteiger partial charge in [-0.25, -0.2) is 0 Å². The fraction of sp³-hybridized carbons (Fsp3) is 0. The molecular formula is C6H6ClNO6S2. The summed E-state index contributed by atoms with van der Waals surface area (Å²) in [7, 11) is -9.45. The zero-order valence-corrected chi connectivity index (χ0v) is 9.84. The maximum Gasteiger partial charge on any atom is 0.296 e. The van der Waals surface area contributed by atoms with Crippen LogP contribution in [0.3, 0.4) is 0 Å². The van der Waals surface area contributed by atoms with Crippen LogP contribution in [0.15, 0.2) is 21.9 Å². The number of hydrogen-bond donors (Lipinski definition) is 3. The van der Waals surface area contributed by atoms with Gasteiger partial charge in [-0.3, -0.25) is 9.11 Å². The first-order chi connectivity index (χ1) is 7.03. The van der Waals surface area contributed by atoms with Crippen molar-refractivity contribution >= 4 is 37.5 Å². The molecule has 0 saturated carbocycles. The van der Waals surface area contributed by atoms with Crippen molar-refractivity contribution < 1.29 is 25.9 Å². The zero-order valence-electron chi connectivity index (χ0n) is 7.45. The largest absolute Gasteiger partial charge is 0.396 e. The smallest absolute Gasteiger partial charge is 0.296 e. The molecule has 0 aliphatic carbocycles. The molecule has 10 heteroatoms. The van der Waals surface area contributed by atoms with E-state index in [4.69, 9.17) is 26.4 Å². The number of anilines is 1. The lowest BCUT2D eigenvalue weighted by molar-refractivity contribution is 0.482. The topological polar surface area (TPSA) is 135 Å². The van der Waals surface area contributed by atoms with Gasteiger partial charge in [0.25, 0.3) is 20.2 Å². The van der Waals surface area contributed by atoms with Crippen molar-refractivity contribution in [3.8, 4) is 0 Å². The fourth-order valence-electron chi connectivity index (χ4n) is 0.996. The van der Waals surface area contributed by atoms with E-state index in [2.05, 4.69) is 0 Å². The highest BCUT2D eigenvalue weighted by atomic mass is 35.5. The molecule has 0 amide bonds. The number of nitrogen functional groups attached to an aromatic ring is 1. The van der Waals surface area contributed by atoms with Gasteiger partial charge in [0.15, 0.2) is 0 Å². The van der Waals surface area contributed by atoms with Crippen molar-refractivity contribution in [3.05, 3.63) is 17.2 Å². The van der Waals surface area contributed by atoms with E-state index in [9.17, 15) is 16.8 Å². The van der Waals surface area contributed by atoms with E-state index < -0.39 is 35.7 Å². The maximum absolute atomic E-state index is 10.8. The summed E-state index contributed by atoms with van der Waals surface area (Å²) < 4.78 is 60.8. The lowest BCUT2D eigenvalue weighted by Gasteiger charge is -2.07. The number of rotatable bonds is 2. The summed E-state index contributed by atoms with van der Waals surface area (Å²) in [5.41, 5.74) is 4.39. The Kier molecular flexibility index (Phi) is 3.18. The van der Waals surface area contributed by atoms with E-state index in [0.717, 1.165) is 12.1 Å². The van der Waals surface area contributed by atoms with Crippen LogP contribution in [0.2, 0.25) is 5.02 Å². The van der Waals surface area contributed by atoms with E-state index in [1.54, 1.807) is 0 Å². The average molecular weight is 288 g/mol. The molecule has 7 nitrogen and oxygen atoms in total. The second-order valence-electron chi connectivity index (χ2n) is 2.77. The molecule has 0 atom stereocenters. The number of benzene rings is 1. The summed E-state index contributed by atoms with van der Waals surface area (Å²) in [6.45, 7) is 0. The maximum atomic E-state index is 10.8. The van der Waals surface area contributed by atoms with Crippen LogP contribution >= 0.6 is 11.6 Å². The molecule has 0 heterocycles. The second kappa shape index (κ2) is 3.86. The first kappa shape index (κ1) is 13.2. The Balaban J connectivity index is 3.78. The molecule has 0 spiro atoms. The SMILES string of the molecule is Nc1c(S(=O)(=O)O)cc(Cl)cc1S(=O)(=O)O. The van der Waals surface area contributed by atoms with Gasteiger partial charge in [-0.05, 0) is 12.1 Å². The quantitative estimate of drug-likeness (QED) is 0.529. The zero-order chi connectivity index (χ0) is 12.7. The summed E-state index contributed by atoms with van der Waals surface area (Å²) in [4.78, 5) is -1.76. The van der Waals surface area contributed by atoms with Crippen LogP contribution in [-0.2, 0) is 20.2 Å². The van der Waals surface area contributed by atoms with E-state index >= 15 is 0 Å². The summed E-state index contributed by atoms with van der Waals surface area (Å²) in [6.07, 6.45) is 0. The average Bonchev–Trinajstić information content (AvgIpc) is 2.04. The molecule has 0 fully saturated rings. The highest BCUT2D eigenvalue weighted by Crippen LogP contribution is 2.29. The van der Waals surface area contributed by atoms with Crippen molar-refractivity contribution in [3.63, 3.8) is 0 Å². The molecule has 16 heavy (non-hydrogen) atoms. The molecule has 0 aliphatic rings. The molecule has 0 saturated heterocycles. The normalized spacial score (nSPS) is 12.7. The van der Waals surface area contributed by atoms with Gasteiger partial charge in [0.1, 0.15) is 9.79 Å². The van der Waals surface area contributed by atoms with Crippen molar-refractivity contribution in [2.45, 2.75) is 9.79 Å². The predicted molar refractivity (Wildman–Crippen MR) is 55.5 cm³/mol. The van der Waals surface area contributed by atoms with E-state index in [1.165, 1.54) is 0 Å². The van der Waals surface area contributed by atoms with Gasteiger partial charge >= 0.3 is 0 Å². The molecule has 0 radical (unpaired) electrons. The lowest BCUT2D eigenvalue weighted by Crippen LogP contribution is -2.09. The first-order valence-electron chi connectivity index (χ1n) is 3.57. The Morgan fingerprint density at radius 2 is 1.31 bits per heavy atom. The standard InChI is InChI=1S/C6H6ClNO6S2/c7-3-1-4(15(9,10)11)6(8)5(2-3)16(12,13)14/h1-2H,8H2,(H,9,10,11)(H,12,13,14). The Morgan fingerprint density at radius 3 is 1.56 bits per heavy atom. The predicted octanol–water partition coefficient (Wildman–Crippen LogP) is 0.416. The number of hydrogen-bond acceptors (Lipinski definition) is 5. The lowest BCUT2D eigenvalue weighted by atomic mass is 10.3. The van der Waals surface area contributed by atoms with Crippen molar-refractivity contribution in [1.29, 1.82) is 0 Å². The van der Waals surface area contributed by atoms with Crippen molar-refractivity contribution in [1.82, 2.24) is 0 Å². The van der Waals surface area contributed by atoms with Crippen LogP contribution in [0.5, 0.6) is 0 Å². The van der Waals surface area contributed by atoms with Gasteiger partial charge < -0.3 is 5.73 Å². The van der Waals surface area contributed by atoms with Crippen molar-refractivity contribution in [2.24, 2.45) is 0 Å². The van der Waals surface area contributed by atoms with E-state index in [-0.39, 0.29) is 5.02 Å². The number of nitrogens with two attached hydrogens (primary N) is 1. The van der Waals surface area contributed by atoms with Crippen molar-refractivity contribution in [2.75, 3.05) is 5.73 Å². The highest BCUT2D eigenvalue weighted by Gasteiger charge is 2.23. The minimum absolute atomic E-state index is 0.311. The van der Waals surface area contributed by atoms with Gasteiger partial charge in [0, 0.05) is 5.02 Å². The molecule has 0 unspecified atom stereocenters. The Bertz CT molecular complexity index is 582.